The van der Waals surface area contributed by atoms with Gasteiger partial charge in [0.2, 0.25) is 5.91 Å². The molecule has 1 fully saturated rings. The van der Waals surface area contributed by atoms with Gasteiger partial charge in [0.1, 0.15) is 24.5 Å². The summed E-state index contributed by atoms with van der Waals surface area (Å²) in [4.78, 5) is 25.1. The van der Waals surface area contributed by atoms with Gasteiger partial charge in [-0.3, -0.25) is 9.69 Å². The van der Waals surface area contributed by atoms with E-state index in [0.717, 1.165) is 11.1 Å². The molecule has 0 bridgehead atoms. The zero-order valence-corrected chi connectivity index (χ0v) is 14.3. The molecule has 0 spiro atoms. The summed E-state index contributed by atoms with van der Waals surface area (Å²) in [6.45, 7) is 2.00. The van der Waals surface area contributed by atoms with Gasteiger partial charge in [0.25, 0.3) is 0 Å². The number of nitrogens with zero attached hydrogens (tertiary/aromatic N) is 1. The molecule has 7 heteroatoms. The fraction of sp³-hybridized carbons (Fsp3) is 0.263. The number of nitrogen functional groups attached to an aromatic ring is 1. The summed E-state index contributed by atoms with van der Waals surface area (Å²) < 4.78 is 11.3. The molecule has 2 aromatic carbocycles. The minimum absolute atomic E-state index is 0.164. The van der Waals surface area contributed by atoms with Crippen molar-refractivity contribution in [3.05, 3.63) is 42.5 Å². The quantitative estimate of drug-likeness (QED) is 0.825. The first-order chi connectivity index (χ1) is 12.5. The maximum Gasteiger partial charge on any atom is 0.415 e. The summed E-state index contributed by atoms with van der Waals surface area (Å²) >= 11 is 0. The smallest absolute Gasteiger partial charge is 0.415 e. The Kier molecular flexibility index (Phi) is 3.91. The number of amides is 2. The molecule has 0 saturated carbocycles. The van der Waals surface area contributed by atoms with Gasteiger partial charge in [0.05, 0.1) is 12.2 Å². The number of anilines is 2. The molecular weight excluding hydrogens is 334 g/mol. The molecule has 134 valence electrons. The Labute approximate surface area is 150 Å². The van der Waals surface area contributed by atoms with E-state index in [-0.39, 0.29) is 18.5 Å². The predicted molar refractivity (Wildman–Crippen MR) is 97.0 cm³/mol. The molecule has 2 aliphatic heterocycles. The van der Waals surface area contributed by atoms with Crippen molar-refractivity contribution in [2.45, 2.75) is 19.1 Å². The molecule has 0 aromatic heterocycles. The number of ether oxygens (including phenoxy) is 2. The molecular formula is C19H19N3O4. The number of nitrogens with two attached hydrogens (primary N) is 1. The summed E-state index contributed by atoms with van der Waals surface area (Å²) in [6, 6.07) is 13.0. The zero-order chi connectivity index (χ0) is 18.3. The fourth-order valence-electron chi connectivity index (χ4n) is 3.35. The van der Waals surface area contributed by atoms with Crippen LogP contribution in [-0.4, -0.2) is 37.3 Å². The van der Waals surface area contributed by atoms with Crippen molar-refractivity contribution >= 4 is 23.4 Å². The number of hydrogen-bond acceptors (Lipinski definition) is 5. The first-order valence-corrected chi connectivity index (χ1v) is 8.40. The fourth-order valence-corrected chi connectivity index (χ4v) is 3.35. The monoisotopic (exact) mass is 353 g/mol. The van der Waals surface area contributed by atoms with Gasteiger partial charge >= 0.3 is 6.09 Å². The van der Waals surface area contributed by atoms with Gasteiger partial charge in [-0.05, 0) is 35.4 Å². The highest BCUT2D eigenvalue weighted by molar-refractivity contribution is 5.94. The number of carbonyl (C=O) groups excluding carboxylic acids is 2. The molecule has 0 unspecified atom stereocenters. The zero-order valence-electron chi connectivity index (χ0n) is 14.3. The number of hydrogen-bond donors (Lipinski definition) is 2. The third-order valence-corrected chi connectivity index (χ3v) is 4.61. The normalized spacial score (nSPS) is 20.7. The van der Waals surface area contributed by atoms with Crippen molar-refractivity contribution in [3.8, 4) is 16.9 Å². The Morgan fingerprint density at radius 2 is 2.08 bits per heavy atom. The van der Waals surface area contributed by atoms with Crippen molar-refractivity contribution in [3.63, 3.8) is 0 Å². The molecule has 26 heavy (non-hydrogen) atoms. The Morgan fingerprint density at radius 3 is 2.85 bits per heavy atom. The second kappa shape index (κ2) is 6.25. The van der Waals surface area contributed by atoms with Crippen LogP contribution in [0.1, 0.15) is 6.92 Å². The molecule has 2 aromatic rings. The number of cyclic esters (lactones) is 1. The van der Waals surface area contributed by atoms with E-state index in [1.54, 1.807) is 4.90 Å². The third-order valence-electron chi connectivity index (χ3n) is 4.61. The third kappa shape index (κ3) is 2.81. The summed E-state index contributed by atoms with van der Waals surface area (Å²) in [5.74, 6) is 0.460. The van der Waals surface area contributed by atoms with Crippen molar-refractivity contribution in [2.24, 2.45) is 0 Å². The molecule has 2 aliphatic rings. The average molecular weight is 353 g/mol. The lowest BCUT2D eigenvalue weighted by Gasteiger charge is -2.31. The van der Waals surface area contributed by atoms with E-state index >= 15 is 0 Å². The van der Waals surface area contributed by atoms with Gasteiger partial charge in [-0.15, -0.1) is 0 Å². The summed E-state index contributed by atoms with van der Waals surface area (Å²) in [6.07, 6.45) is -0.861. The van der Waals surface area contributed by atoms with Crippen molar-refractivity contribution < 1.29 is 19.1 Å². The van der Waals surface area contributed by atoms with Crippen LogP contribution < -0.4 is 20.7 Å². The molecule has 2 heterocycles. The van der Waals surface area contributed by atoms with Crippen LogP contribution in [0.5, 0.6) is 5.75 Å². The summed E-state index contributed by atoms with van der Waals surface area (Å²) in [7, 11) is 0. The van der Waals surface area contributed by atoms with Gasteiger partial charge in [-0.2, -0.15) is 0 Å². The number of carbonyl (C=O) groups is 2. The van der Waals surface area contributed by atoms with Crippen LogP contribution >= 0.6 is 0 Å². The molecule has 2 atom stereocenters. The van der Waals surface area contributed by atoms with E-state index in [1.165, 1.54) is 6.92 Å². The van der Waals surface area contributed by atoms with Crippen LogP contribution in [0.15, 0.2) is 42.5 Å². The van der Waals surface area contributed by atoms with Gasteiger partial charge in [-0.25, -0.2) is 4.79 Å². The highest BCUT2D eigenvalue weighted by Gasteiger charge is 2.46. The minimum Gasteiger partial charge on any atom is -0.489 e. The first-order valence-electron chi connectivity index (χ1n) is 8.40. The Balaban J connectivity index is 1.62. The number of fused-ring (bicyclic) bond motifs is 3. The largest absolute Gasteiger partial charge is 0.489 e. The lowest BCUT2D eigenvalue weighted by atomic mass is 10.0. The van der Waals surface area contributed by atoms with Crippen LogP contribution in [0, 0.1) is 0 Å². The lowest BCUT2D eigenvalue weighted by molar-refractivity contribution is -0.119. The highest BCUT2D eigenvalue weighted by Crippen LogP contribution is 2.41. The standard InChI is InChI=1S/C19H19N3O4/c1-11(23)21-9-18-16-10-25-17-8-13(12-3-2-4-14(20)7-12)5-6-15(17)22(16)19(24)26-18/h2-8,16,18H,9-10,20H2,1H3,(H,21,23)/t16-,18-/m0/s1. The SMILES string of the molecule is CC(=O)NC[C@@H]1OC(=O)N2c3ccc(-c4cccc(N)c4)cc3OC[C@@H]12. The van der Waals surface area contributed by atoms with Crippen LogP contribution in [0.3, 0.4) is 0 Å². The molecule has 3 N–H and O–H groups in total. The van der Waals surface area contributed by atoms with E-state index in [1.807, 2.05) is 42.5 Å². The van der Waals surface area contributed by atoms with E-state index in [9.17, 15) is 9.59 Å². The molecule has 1 saturated heterocycles. The van der Waals surface area contributed by atoms with Crippen molar-refractivity contribution in [2.75, 3.05) is 23.8 Å². The second-order valence-electron chi connectivity index (χ2n) is 6.42. The van der Waals surface area contributed by atoms with E-state index in [0.29, 0.717) is 23.7 Å². The molecule has 7 nitrogen and oxygen atoms in total. The molecule has 0 radical (unpaired) electrons. The van der Waals surface area contributed by atoms with Crippen molar-refractivity contribution in [1.29, 1.82) is 0 Å². The Morgan fingerprint density at radius 1 is 1.27 bits per heavy atom. The molecule has 4 rings (SSSR count). The van der Waals surface area contributed by atoms with Gasteiger partial charge < -0.3 is 20.5 Å². The topological polar surface area (TPSA) is 93.9 Å². The van der Waals surface area contributed by atoms with Crippen LogP contribution in [0.4, 0.5) is 16.2 Å². The maximum absolute atomic E-state index is 12.3. The van der Waals surface area contributed by atoms with Crippen LogP contribution in [0.25, 0.3) is 11.1 Å². The number of benzene rings is 2. The van der Waals surface area contributed by atoms with E-state index < -0.39 is 12.2 Å². The van der Waals surface area contributed by atoms with Gasteiger partial charge in [0.15, 0.2) is 0 Å². The maximum atomic E-state index is 12.3. The number of nitrogens with one attached hydrogen (secondary N) is 1. The van der Waals surface area contributed by atoms with Crippen molar-refractivity contribution in [1.82, 2.24) is 5.32 Å². The summed E-state index contributed by atoms with van der Waals surface area (Å²) in [5, 5.41) is 2.69. The molecule has 0 aliphatic carbocycles. The minimum atomic E-state index is -0.437. The molecule has 2 amide bonds. The number of rotatable bonds is 3. The highest BCUT2D eigenvalue weighted by atomic mass is 16.6. The Hall–Kier alpha value is -3.22. The second-order valence-corrected chi connectivity index (χ2v) is 6.42. The lowest BCUT2D eigenvalue weighted by Crippen LogP contribution is -2.47. The van der Waals surface area contributed by atoms with Gasteiger partial charge in [-0.1, -0.05) is 18.2 Å². The van der Waals surface area contributed by atoms with Gasteiger partial charge in [0, 0.05) is 12.6 Å². The first kappa shape index (κ1) is 16.3. The van der Waals surface area contributed by atoms with E-state index in [2.05, 4.69) is 5.32 Å². The summed E-state index contributed by atoms with van der Waals surface area (Å²) in [5.41, 5.74) is 9.15. The predicted octanol–water partition coefficient (Wildman–Crippen LogP) is 2.16. The van der Waals surface area contributed by atoms with E-state index in [4.69, 9.17) is 15.2 Å². The van der Waals surface area contributed by atoms with Crippen LogP contribution in [-0.2, 0) is 9.53 Å². The van der Waals surface area contributed by atoms with Crippen LogP contribution in [0.2, 0.25) is 0 Å². The Bertz CT molecular complexity index is 883. The average Bonchev–Trinajstić information content (AvgIpc) is 2.96.